The Morgan fingerprint density at radius 3 is 2.71 bits per heavy atom. The van der Waals surface area contributed by atoms with Crippen molar-refractivity contribution in [2.75, 3.05) is 6.61 Å². The molecule has 0 aliphatic carbocycles. The summed E-state index contributed by atoms with van der Waals surface area (Å²) in [6.45, 7) is 0.948. The summed E-state index contributed by atoms with van der Waals surface area (Å²) in [5.41, 5.74) is -1.35. The molecule has 4 atom stereocenters. The lowest BCUT2D eigenvalue weighted by Crippen LogP contribution is -2.39. The van der Waals surface area contributed by atoms with Gasteiger partial charge >= 0.3 is 11.7 Å². The molecule has 1 aliphatic rings. The fraction of sp³-hybridized carbons (Fsp3) is 0.545. The molecular weight excluding hydrogens is 399 g/mol. The number of aliphatic hydroxyl groups excluding tert-OH is 2. The second-order valence-corrected chi connectivity index (χ2v) is 5.59. The van der Waals surface area contributed by atoms with Crippen LogP contribution in [0.25, 0.3) is 0 Å². The third kappa shape index (κ3) is 3.33. The molecule has 2 heterocycles. The number of aliphatic hydroxyl groups is 2. The van der Waals surface area contributed by atoms with E-state index in [1.54, 1.807) is 22.6 Å². The summed E-state index contributed by atoms with van der Waals surface area (Å²) in [7, 11) is 0. The highest BCUT2D eigenvalue weighted by atomic mass is 127. The molecule has 0 saturated carbocycles. The first kappa shape index (κ1) is 16.1. The highest BCUT2D eigenvalue weighted by Crippen LogP contribution is 2.29. The number of rotatable bonds is 3. The van der Waals surface area contributed by atoms with Crippen molar-refractivity contribution in [1.82, 2.24) is 9.55 Å². The maximum absolute atomic E-state index is 11.8. The van der Waals surface area contributed by atoms with Crippen LogP contribution in [-0.2, 0) is 14.3 Å². The van der Waals surface area contributed by atoms with Crippen molar-refractivity contribution in [3.05, 3.63) is 30.6 Å². The number of halogens is 1. The average Bonchev–Trinajstić information content (AvgIpc) is 2.63. The molecule has 1 aromatic heterocycles. The van der Waals surface area contributed by atoms with Gasteiger partial charge in [0.2, 0.25) is 0 Å². The van der Waals surface area contributed by atoms with E-state index >= 15 is 0 Å². The SMILES string of the molecule is CC(=O)OC[C@H]1O[C@@H](n2c(I)cc(=O)[nH]c2=O)[C@H](O)[C@@H]1O. The van der Waals surface area contributed by atoms with Crippen molar-refractivity contribution >= 4 is 28.6 Å². The van der Waals surface area contributed by atoms with Gasteiger partial charge in [-0.2, -0.15) is 0 Å². The summed E-state index contributed by atoms with van der Waals surface area (Å²) >= 11 is 1.74. The molecule has 10 heteroatoms. The standard InChI is InChI=1S/C11H13IN2O7/c1-4(15)20-3-5-8(17)9(18)10(21-5)14-6(12)2-7(16)13-11(14)19/h2,5,8-10,17-18H,3H2,1H3,(H,13,16,19)/t5-,8-,9-,10-/m1/s1. The van der Waals surface area contributed by atoms with Gasteiger partial charge in [0.15, 0.2) is 6.23 Å². The molecule has 0 spiro atoms. The lowest BCUT2D eigenvalue weighted by atomic mass is 10.1. The molecule has 116 valence electrons. The Balaban J connectivity index is 2.28. The van der Waals surface area contributed by atoms with Gasteiger partial charge < -0.3 is 19.7 Å². The molecule has 3 N–H and O–H groups in total. The predicted octanol–water partition coefficient (Wildman–Crippen LogP) is -1.68. The zero-order chi connectivity index (χ0) is 15.7. The van der Waals surface area contributed by atoms with Crippen LogP contribution < -0.4 is 11.2 Å². The van der Waals surface area contributed by atoms with Gasteiger partial charge in [-0.25, -0.2) is 4.79 Å². The zero-order valence-corrected chi connectivity index (χ0v) is 13.0. The molecule has 1 aliphatic heterocycles. The Kier molecular flexibility index (Phi) is 4.81. The van der Waals surface area contributed by atoms with E-state index in [0.717, 1.165) is 10.6 Å². The number of ether oxygens (including phenoxy) is 2. The third-order valence-corrected chi connectivity index (χ3v) is 3.80. The van der Waals surface area contributed by atoms with Gasteiger partial charge in [0, 0.05) is 13.0 Å². The minimum Gasteiger partial charge on any atom is -0.463 e. The summed E-state index contributed by atoms with van der Waals surface area (Å²) in [4.78, 5) is 35.8. The van der Waals surface area contributed by atoms with Gasteiger partial charge in [0.1, 0.15) is 24.9 Å². The van der Waals surface area contributed by atoms with Crippen LogP contribution in [-0.4, -0.2) is 50.7 Å². The van der Waals surface area contributed by atoms with Crippen molar-refractivity contribution in [2.24, 2.45) is 0 Å². The van der Waals surface area contributed by atoms with E-state index in [0.29, 0.717) is 0 Å². The van der Waals surface area contributed by atoms with Gasteiger partial charge in [-0.05, 0) is 22.6 Å². The van der Waals surface area contributed by atoms with Gasteiger partial charge in [-0.3, -0.25) is 19.1 Å². The van der Waals surface area contributed by atoms with Crippen LogP contribution in [0.2, 0.25) is 0 Å². The van der Waals surface area contributed by atoms with E-state index < -0.39 is 41.8 Å². The first-order chi connectivity index (χ1) is 9.81. The zero-order valence-electron chi connectivity index (χ0n) is 10.9. The first-order valence-corrected chi connectivity index (χ1v) is 7.05. The summed E-state index contributed by atoms with van der Waals surface area (Å²) < 4.78 is 11.4. The largest absolute Gasteiger partial charge is 0.463 e. The van der Waals surface area contributed by atoms with Crippen LogP contribution in [0.15, 0.2) is 15.7 Å². The highest BCUT2D eigenvalue weighted by Gasteiger charge is 2.45. The molecular formula is C11H13IN2O7. The quantitative estimate of drug-likeness (QED) is 0.307. The molecule has 0 amide bonds. The monoisotopic (exact) mass is 412 g/mol. The number of nitrogens with zero attached hydrogens (tertiary/aromatic N) is 1. The molecule has 1 fully saturated rings. The highest BCUT2D eigenvalue weighted by molar-refractivity contribution is 14.1. The summed E-state index contributed by atoms with van der Waals surface area (Å²) in [6.07, 6.45) is -4.88. The first-order valence-electron chi connectivity index (χ1n) is 5.97. The molecule has 1 aromatic rings. The number of H-pyrrole nitrogens is 1. The second kappa shape index (κ2) is 6.25. The van der Waals surface area contributed by atoms with Crippen molar-refractivity contribution in [3.8, 4) is 0 Å². The molecule has 0 unspecified atom stereocenters. The number of esters is 1. The summed E-state index contributed by atoms with van der Waals surface area (Å²) in [6, 6.07) is 1.16. The minimum absolute atomic E-state index is 0.241. The van der Waals surface area contributed by atoms with E-state index in [4.69, 9.17) is 9.47 Å². The second-order valence-electron chi connectivity index (χ2n) is 4.48. The van der Waals surface area contributed by atoms with E-state index in [2.05, 4.69) is 0 Å². The van der Waals surface area contributed by atoms with E-state index in [-0.39, 0.29) is 10.3 Å². The number of nitrogens with one attached hydrogen (secondary N) is 1. The number of carbonyl (C=O) groups is 1. The predicted molar refractivity (Wildman–Crippen MR) is 76.6 cm³/mol. The van der Waals surface area contributed by atoms with Gasteiger partial charge in [-0.1, -0.05) is 0 Å². The Hall–Kier alpha value is -1.24. The molecule has 9 nitrogen and oxygen atoms in total. The Morgan fingerprint density at radius 1 is 1.48 bits per heavy atom. The molecule has 1 saturated heterocycles. The lowest BCUT2D eigenvalue weighted by Gasteiger charge is -2.18. The van der Waals surface area contributed by atoms with Crippen LogP contribution >= 0.6 is 22.6 Å². The molecule has 0 aromatic carbocycles. The van der Waals surface area contributed by atoms with E-state index in [9.17, 15) is 24.6 Å². The lowest BCUT2D eigenvalue weighted by molar-refractivity contribution is -0.147. The van der Waals surface area contributed by atoms with Crippen molar-refractivity contribution < 1.29 is 24.5 Å². The van der Waals surface area contributed by atoms with Gasteiger partial charge in [0.25, 0.3) is 5.56 Å². The smallest absolute Gasteiger partial charge is 0.331 e. The molecule has 21 heavy (non-hydrogen) atoms. The number of hydrogen-bond acceptors (Lipinski definition) is 7. The average molecular weight is 412 g/mol. The Morgan fingerprint density at radius 2 is 2.14 bits per heavy atom. The molecule has 0 bridgehead atoms. The number of aromatic nitrogens is 2. The van der Waals surface area contributed by atoms with Crippen molar-refractivity contribution in [3.63, 3.8) is 0 Å². The maximum Gasteiger partial charge on any atom is 0.331 e. The normalized spacial score (nSPS) is 28.6. The molecule has 0 radical (unpaired) electrons. The molecule has 2 rings (SSSR count). The fourth-order valence-electron chi connectivity index (χ4n) is 1.99. The third-order valence-electron chi connectivity index (χ3n) is 2.97. The van der Waals surface area contributed by atoms with Crippen LogP contribution in [0.5, 0.6) is 0 Å². The van der Waals surface area contributed by atoms with Crippen LogP contribution in [0, 0.1) is 3.70 Å². The van der Waals surface area contributed by atoms with Gasteiger partial charge in [-0.15, -0.1) is 0 Å². The van der Waals surface area contributed by atoms with E-state index in [1.165, 1.54) is 6.92 Å². The Bertz CT molecular complexity index is 655. The van der Waals surface area contributed by atoms with Crippen molar-refractivity contribution in [2.45, 2.75) is 31.5 Å². The number of carbonyl (C=O) groups excluding carboxylic acids is 1. The minimum atomic E-state index is -1.40. The number of aromatic amines is 1. The maximum atomic E-state index is 11.8. The van der Waals surface area contributed by atoms with Crippen LogP contribution in [0.1, 0.15) is 13.2 Å². The van der Waals surface area contributed by atoms with Gasteiger partial charge in [0.05, 0.1) is 3.70 Å². The van der Waals surface area contributed by atoms with Crippen LogP contribution in [0.4, 0.5) is 0 Å². The fourth-order valence-corrected chi connectivity index (χ4v) is 2.77. The van der Waals surface area contributed by atoms with Crippen LogP contribution in [0.3, 0.4) is 0 Å². The summed E-state index contributed by atoms with van der Waals surface area (Å²) in [5, 5.41) is 19.9. The topological polar surface area (TPSA) is 131 Å². The van der Waals surface area contributed by atoms with E-state index in [1.807, 2.05) is 4.98 Å². The van der Waals surface area contributed by atoms with Crippen molar-refractivity contribution in [1.29, 1.82) is 0 Å². The summed E-state index contributed by atoms with van der Waals surface area (Å²) in [5.74, 6) is -0.556. The number of hydrogen-bond donors (Lipinski definition) is 3. The Labute approximate surface area is 131 Å².